The number of rotatable bonds is 5. The molecular weight excluding hydrogens is 184 g/mol. The summed E-state index contributed by atoms with van der Waals surface area (Å²) in [7, 11) is 0. The van der Waals surface area contributed by atoms with Crippen molar-refractivity contribution in [3.05, 3.63) is 0 Å². The molecule has 0 saturated heterocycles. The highest BCUT2D eigenvalue weighted by Gasteiger charge is 1.99. The maximum atomic E-state index is 8.54. The van der Waals surface area contributed by atoms with Crippen molar-refractivity contribution < 1.29 is 5.11 Å². The number of nitrogens with two attached hydrogens (primary N) is 2. The van der Waals surface area contributed by atoms with Crippen LogP contribution < -0.4 is 16.8 Å². The van der Waals surface area contributed by atoms with Crippen molar-refractivity contribution in [3.8, 4) is 0 Å². The third-order valence-corrected chi connectivity index (χ3v) is 1.54. The van der Waals surface area contributed by atoms with Gasteiger partial charge in [0.1, 0.15) is 0 Å². The third kappa shape index (κ3) is 3.40. The first-order valence-corrected chi connectivity index (χ1v) is 4.34. The summed E-state index contributed by atoms with van der Waals surface area (Å²) in [5.74, 6) is 0.567. The molecule has 0 fully saturated rings. The van der Waals surface area contributed by atoms with E-state index in [0.29, 0.717) is 12.5 Å². The Bertz CT molecular complexity index is 271. The maximum Gasteiger partial charge on any atom is 0.229 e. The summed E-state index contributed by atoms with van der Waals surface area (Å²) in [6, 6.07) is 0. The lowest BCUT2D eigenvalue weighted by molar-refractivity contribution is 0.286. The van der Waals surface area contributed by atoms with Crippen molar-refractivity contribution in [2.24, 2.45) is 0 Å². The largest absolute Gasteiger partial charge is 0.396 e. The minimum Gasteiger partial charge on any atom is -0.396 e. The van der Waals surface area contributed by atoms with Gasteiger partial charge in [-0.2, -0.15) is 15.0 Å². The van der Waals surface area contributed by atoms with Crippen molar-refractivity contribution in [1.82, 2.24) is 15.0 Å². The Morgan fingerprint density at radius 3 is 2.29 bits per heavy atom. The number of nitrogen functional groups attached to an aromatic ring is 2. The summed E-state index contributed by atoms with van der Waals surface area (Å²) in [4.78, 5) is 11.3. The van der Waals surface area contributed by atoms with Gasteiger partial charge in [0.15, 0.2) is 0 Å². The molecule has 7 heteroatoms. The van der Waals surface area contributed by atoms with Crippen LogP contribution in [0.2, 0.25) is 0 Å². The fourth-order valence-electron chi connectivity index (χ4n) is 0.925. The van der Waals surface area contributed by atoms with Crippen LogP contribution in [-0.2, 0) is 0 Å². The van der Waals surface area contributed by atoms with E-state index in [2.05, 4.69) is 20.3 Å². The Kier molecular flexibility index (Phi) is 3.86. The highest BCUT2D eigenvalue weighted by molar-refractivity contribution is 5.36. The van der Waals surface area contributed by atoms with E-state index in [0.717, 1.165) is 12.8 Å². The van der Waals surface area contributed by atoms with Crippen molar-refractivity contribution in [1.29, 1.82) is 0 Å². The Hall–Kier alpha value is -1.63. The first-order valence-electron chi connectivity index (χ1n) is 4.34. The van der Waals surface area contributed by atoms with Crippen LogP contribution in [0.5, 0.6) is 0 Å². The molecule has 0 unspecified atom stereocenters. The first-order chi connectivity index (χ1) is 6.72. The maximum absolute atomic E-state index is 8.54. The minimum absolute atomic E-state index is 0.0992. The molecule has 0 amide bonds. The van der Waals surface area contributed by atoms with Crippen LogP contribution in [0.1, 0.15) is 12.8 Å². The number of unbranched alkanes of at least 4 members (excludes halogenated alkanes) is 1. The minimum atomic E-state index is 0.0992. The predicted molar refractivity (Wildman–Crippen MR) is 53.5 cm³/mol. The second-order valence-electron chi connectivity index (χ2n) is 2.73. The molecule has 0 atom stereocenters. The van der Waals surface area contributed by atoms with Crippen LogP contribution in [0, 0.1) is 0 Å². The number of hydrogen-bond donors (Lipinski definition) is 4. The molecule has 0 bridgehead atoms. The third-order valence-electron chi connectivity index (χ3n) is 1.54. The summed E-state index contributed by atoms with van der Waals surface area (Å²) in [5.41, 5.74) is 10.7. The van der Waals surface area contributed by atoms with Gasteiger partial charge in [-0.05, 0) is 12.8 Å². The standard InChI is InChI=1S/C7H14N6O/c8-5-11-6(9)13-7(12-5)10-3-1-2-4-14/h14H,1-4H2,(H5,8,9,10,11,12,13). The van der Waals surface area contributed by atoms with Crippen LogP contribution in [0.15, 0.2) is 0 Å². The molecule has 0 aliphatic heterocycles. The Labute approximate surface area is 81.6 Å². The van der Waals surface area contributed by atoms with Crippen molar-refractivity contribution in [3.63, 3.8) is 0 Å². The molecule has 1 aromatic rings. The average molecular weight is 198 g/mol. The Morgan fingerprint density at radius 1 is 1.07 bits per heavy atom. The molecule has 0 saturated carbocycles. The number of hydrogen-bond acceptors (Lipinski definition) is 7. The van der Waals surface area contributed by atoms with Crippen LogP contribution in [0.25, 0.3) is 0 Å². The average Bonchev–Trinajstić information content (AvgIpc) is 2.11. The normalized spacial score (nSPS) is 10.1. The van der Waals surface area contributed by atoms with Gasteiger partial charge in [0.25, 0.3) is 0 Å². The van der Waals surface area contributed by atoms with Gasteiger partial charge in [-0.25, -0.2) is 0 Å². The van der Waals surface area contributed by atoms with Crippen molar-refractivity contribution >= 4 is 17.8 Å². The molecule has 1 heterocycles. The zero-order chi connectivity index (χ0) is 10.4. The second kappa shape index (κ2) is 5.18. The van der Waals surface area contributed by atoms with E-state index in [1.54, 1.807) is 0 Å². The highest BCUT2D eigenvalue weighted by atomic mass is 16.2. The molecule has 0 aliphatic rings. The molecule has 0 aromatic carbocycles. The van der Waals surface area contributed by atoms with Gasteiger partial charge in [0.05, 0.1) is 0 Å². The highest BCUT2D eigenvalue weighted by Crippen LogP contribution is 2.03. The lowest BCUT2D eigenvalue weighted by atomic mass is 10.3. The summed E-state index contributed by atoms with van der Waals surface area (Å²) < 4.78 is 0. The lowest BCUT2D eigenvalue weighted by Gasteiger charge is -2.04. The van der Waals surface area contributed by atoms with Crippen LogP contribution in [0.4, 0.5) is 17.8 Å². The summed E-state index contributed by atoms with van der Waals surface area (Å²) in [5, 5.41) is 11.5. The molecule has 0 aliphatic carbocycles. The summed E-state index contributed by atoms with van der Waals surface area (Å²) in [6.45, 7) is 0.854. The number of aromatic nitrogens is 3. The van der Waals surface area contributed by atoms with E-state index < -0.39 is 0 Å². The van der Waals surface area contributed by atoms with E-state index in [4.69, 9.17) is 16.6 Å². The van der Waals surface area contributed by atoms with Crippen molar-refractivity contribution in [2.45, 2.75) is 12.8 Å². The molecule has 14 heavy (non-hydrogen) atoms. The number of aliphatic hydroxyl groups is 1. The molecule has 7 nitrogen and oxygen atoms in total. The second-order valence-corrected chi connectivity index (χ2v) is 2.73. The molecular formula is C7H14N6O. The SMILES string of the molecule is Nc1nc(N)nc(NCCCCO)n1. The lowest BCUT2D eigenvalue weighted by Crippen LogP contribution is -2.10. The fourth-order valence-corrected chi connectivity index (χ4v) is 0.925. The quantitative estimate of drug-likeness (QED) is 0.457. The van der Waals surface area contributed by atoms with Gasteiger partial charge in [-0.15, -0.1) is 0 Å². The van der Waals surface area contributed by atoms with Crippen LogP contribution >= 0.6 is 0 Å². The molecule has 1 aromatic heterocycles. The summed E-state index contributed by atoms with van der Waals surface area (Å²) >= 11 is 0. The molecule has 1 rings (SSSR count). The zero-order valence-corrected chi connectivity index (χ0v) is 7.77. The van der Waals surface area contributed by atoms with Gasteiger partial charge >= 0.3 is 0 Å². The monoisotopic (exact) mass is 198 g/mol. The van der Waals surface area contributed by atoms with Gasteiger partial charge in [-0.3, -0.25) is 0 Å². The molecule has 78 valence electrons. The van der Waals surface area contributed by atoms with Crippen LogP contribution in [-0.4, -0.2) is 33.2 Å². The predicted octanol–water partition coefficient (Wildman–Crippen LogP) is -0.780. The van der Waals surface area contributed by atoms with Gasteiger partial charge in [0, 0.05) is 13.2 Å². The van der Waals surface area contributed by atoms with E-state index in [9.17, 15) is 0 Å². The van der Waals surface area contributed by atoms with Crippen molar-refractivity contribution in [2.75, 3.05) is 29.9 Å². The Morgan fingerprint density at radius 2 is 1.71 bits per heavy atom. The number of anilines is 3. The van der Waals surface area contributed by atoms with Gasteiger partial charge < -0.3 is 21.9 Å². The summed E-state index contributed by atoms with van der Waals surface area (Å²) in [6.07, 6.45) is 1.57. The number of aliphatic hydroxyl groups excluding tert-OH is 1. The van der Waals surface area contributed by atoms with Gasteiger partial charge in [0.2, 0.25) is 17.8 Å². The van der Waals surface area contributed by atoms with E-state index >= 15 is 0 Å². The number of nitrogens with one attached hydrogen (secondary N) is 1. The molecule has 0 spiro atoms. The number of nitrogens with zero attached hydrogens (tertiary/aromatic N) is 3. The molecule has 6 N–H and O–H groups in total. The topological polar surface area (TPSA) is 123 Å². The molecule has 0 radical (unpaired) electrons. The van der Waals surface area contributed by atoms with E-state index in [1.807, 2.05) is 0 Å². The smallest absolute Gasteiger partial charge is 0.229 e. The van der Waals surface area contributed by atoms with E-state index in [-0.39, 0.29) is 18.5 Å². The fraction of sp³-hybridized carbons (Fsp3) is 0.571. The first kappa shape index (κ1) is 10.5. The van der Waals surface area contributed by atoms with Crippen LogP contribution in [0.3, 0.4) is 0 Å². The zero-order valence-electron chi connectivity index (χ0n) is 7.77. The van der Waals surface area contributed by atoms with E-state index in [1.165, 1.54) is 0 Å². The van der Waals surface area contributed by atoms with Gasteiger partial charge in [-0.1, -0.05) is 0 Å². The Balaban J connectivity index is 2.42.